The third kappa shape index (κ3) is 3.01. The number of benzene rings is 1. The molecule has 4 N–H and O–H groups in total. The zero-order chi connectivity index (χ0) is 14.6. The molecule has 0 radical (unpaired) electrons. The Bertz CT molecular complexity index is 513. The molecule has 6 heteroatoms. The van der Waals surface area contributed by atoms with Crippen molar-refractivity contribution in [3.8, 4) is 5.75 Å². The van der Waals surface area contributed by atoms with Crippen molar-refractivity contribution in [2.45, 2.75) is 31.2 Å². The van der Waals surface area contributed by atoms with Crippen LogP contribution in [-0.2, 0) is 0 Å². The molecule has 0 aliphatic heterocycles. The Morgan fingerprint density at radius 2 is 2.00 bits per heavy atom. The standard InChI is InChI=1S/C14H19N3O2S/c1-19-11-7-3-2-6-10(11)16-13(18)17-14(12(15)20)8-4-5-9-14/h2-3,6-7H,4-5,8-9H2,1H3,(H2,15,20)(H2,16,17,18). The average Bonchev–Trinajstić information content (AvgIpc) is 2.89. The molecule has 2 rings (SSSR count). The molecule has 0 saturated heterocycles. The molecule has 1 saturated carbocycles. The Kier molecular flexibility index (Phi) is 4.44. The van der Waals surface area contributed by atoms with Crippen LogP contribution in [0, 0.1) is 0 Å². The zero-order valence-electron chi connectivity index (χ0n) is 11.4. The van der Waals surface area contributed by atoms with Crippen molar-refractivity contribution in [2.75, 3.05) is 12.4 Å². The summed E-state index contributed by atoms with van der Waals surface area (Å²) in [6, 6.07) is 6.92. The second-order valence-corrected chi connectivity index (χ2v) is 5.37. The molecule has 20 heavy (non-hydrogen) atoms. The largest absolute Gasteiger partial charge is 0.495 e. The number of nitrogens with one attached hydrogen (secondary N) is 2. The second-order valence-electron chi connectivity index (χ2n) is 4.93. The maximum absolute atomic E-state index is 12.2. The van der Waals surface area contributed by atoms with Crippen LogP contribution in [0.4, 0.5) is 10.5 Å². The van der Waals surface area contributed by atoms with Gasteiger partial charge < -0.3 is 21.1 Å². The average molecular weight is 293 g/mol. The third-order valence-electron chi connectivity index (χ3n) is 3.64. The quantitative estimate of drug-likeness (QED) is 0.745. The fourth-order valence-electron chi connectivity index (χ4n) is 2.53. The normalized spacial score (nSPS) is 16.4. The fourth-order valence-corrected chi connectivity index (χ4v) is 2.79. The minimum atomic E-state index is -0.554. The molecule has 1 aliphatic carbocycles. The van der Waals surface area contributed by atoms with E-state index in [-0.39, 0.29) is 6.03 Å². The van der Waals surface area contributed by atoms with E-state index in [2.05, 4.69) is 10.6 Å². The highest BCUT2D eigenvalue weighted by atomic mass is 32.1. The highest BCUT2D eigenvalue weighted by Gasteiger charge is 2.38. The van der Waals surface area contributed by atoms with Gasteiger partial charge in [0.1, 0.15) is 5.75 Å². The van der Waals surface area contributed by atoms with Gasteiger partial charge in [-0.2, -0.15) is 0 Å². The molecule has 0 aromatic heterocycles. The number of hydrogen-bond acceptors (Lipinski definition) is 3. The lowest BCUT2D eigenvalue weighted by Crippen LogP contribution is -2.55. The molecule has 5 nitrogen and oxygen atoms in total. The van der Waals surface area contributed by atoms with E-state index in [1.807, 2.05) is 12.1 Å². The number of thiocarbonyl (C=S) groups is 1. The van der Waals surface area contributed by atoms with Gasteiger partial charge in [-0.25, -0.2) is 4.79 Å². The Balaban J connectivity index is 2.07. The number of para-hydroxylation sites is 2. The van der Waals surface area contributed by atoms with Crippen LogP contribution >= 0.6 is 12.2 Å². The molecule has 0 unspecified atom stereocenters. The zero-order valence-corrected chi connectivity index (χ0v) is 12.3. The molecule has 0 atom stereocenters. The highest BCUT2D eigenvalue weighted by molar-refractivity contribution is 7.80. The first-order valence-corrected chi connectivity index (χ1v) is 7.00. The molecule has 1 fully saturated rings. The SMILES string of the molecule is COc1ccccc1NC(=O)NC1(C(N)=S)CCCC1. The molecule has 2 amide bonds. The molecule has 1 aromatic carbocycles. The minimum absolute atomic E-state index is 0.316. The van der Waals surface area contributed by atoms with Gasteiger partial charge in [0, 0.05) is 0 Å². The highest BCUT2D eigenvalue weighted by Crippen LogP contribution is 2.30. The number of nitrogens with two attached hydrogens (primary N) is 1. The molecular formula is C14H19N3O2S. The van der Waals surface area contributed by atoms with Crippen molar-refractivity contribution in [2.24, 2.45) is 5.73 Å². The summed E-state index contributed by atoms with van der Waals surface area (Å²) in [6.45, 7) is 0. The van der Waals surface area contributed by atoms with E-state index in [0.29, 0.717) is 16.4 Å². The second kappa shape index (κ2) is 6.09. The predicted molar refractivity (Wildman–Crippen MR) is 83.1 cm³/mol. The van der Waals surface area contributed by atoms with E-state index < -0.39 is 5.54 Å². The van der Waals surface area contributed by atoms with Crippen molar-refractivity contribution in [3.05, 3.63) is 24.3 Å². The minimum Gasteiger partial charge on any atom is -0.495 e. The number of methoxy groups -OCH3 is 1. The molecule has 0 spiro atoms. The van der Waals surface area contributed by atoms with Crippen LogP contribution in [0.1, 0.15) is 25.7 Å². The van der Waals surface area contributed by atoms with Gasteiger partial charge in [0.15, 0.2) is 0 Å². The lowest BCUT2D eigenvalue weighted by Gasteiger charge is -2.29. The van der Waals surface area contributed by atoms with Gasteiger partial charge in [0.25, 0.3) is 0 Å². The molecule has 1 aromatic rings. The van der Waals surface area contributed by atoms with E-state index in [0.717, 1.165) is 25.7 Å². The van der Waals surface area contributed by atoms with Crippen LogP contribution in [-0.4, -0.2) is 23.7 Å². The lowest BCUT2D eigenvalue weighted by atomic mass is 9.98. The van der Waals surface area contributed by atoms with E-state index >= 15 is 0 Å². The number of amides is 2. The van der Waals surface area contributed by atoms with Gasteiger partial charge in [-0.1, -0.05) is 37.2 Å². The van der Waals surface area contributed by atoms with E-state index in [1.165, 1.54) is 0 Å². The maximum atomic E-state index is 12.2. The monoisotopic (exact) mass is 293 g/mol. The number of rotatable bonds is 4. The maximum Gasteiger partial charge on any atom is 0.320 e. The summed E-state index contributed by atoms with van der Waals surface area (Å²) in [5, 5.41) is 5.70. The molecule has 0 heterocycles. The van der Waals surface area contributed by atoms with Gasteiger partial charge in [0.05, 0.1) is 23.3 Å². The van der Waals surface area contributed by atoms with Crippen molar-refractivity contribution in [1.82, 2.24) is 5.32 Å². The van der Waals surface area contributed by atoms with Gasteiger partial charge in [-0.05, 0) is 25.0 Å². The number of hydrogen-bond donors (Lipinski definition) is 3. The summed E-state index contributed by atoms with van der Waals surface area (Å²) >= 11 is 5.11. The van der Waals surface area contributed by atoms with Crippen LogP contribution in [0.15, 0.2) is 24.3 Å². The Hall–Kier alpha value is -1.82. The topological polar surface area (TPSA) is 76.4 Å². The predicted octanol–water partition coefficient (Wildman–Crippen LogP) is 2.42. The van der Waals surface area contributed by atoms with Crippen molar-refractivity contribution >= 4 is 28.9 Å². The Morgan fingerprint density at radius 1 is 1.35 bits per heavy atom. The summed E-state index contributed by atoms with van der Waals surface area (Å²) in [5.74, 6) is 0.610. The van der Waals surface area contributed by atoms with Crippen LogP contribution in [0.3, 0.4) is 0 Å². The Morgan fingerprint density at radius 3 is 2.60 bits per heavy atom. The smallest absolute Gasteiger partial charge is 0.320 e. The first kappa shape index (κ1) is 14.6. The van der Waals surface area contributed by atoms with Crippen LogP contribution in [0.2, 0.25) is 0 Å². The lowest BCUT2D eigenvalue weighted by molar-refractivity contribution is 0.245. The molecular weight excluding hydrogens is 274 g/mol. The van der Waals surface area contributed by atoms with Gasteiger partial charge in [-0.3, -0.25) is 0 Å². The van der Waals surface area contributed by atoms with Crippen LogP contribution in [0.5, 0.6) is 5.75 Å². The van der Waals surface area contributed by atoms with Crippen LogP contribution < -0.4 is 21.1 Å². The van der Waals surface area contributed by atoms with Gasteiger partial charge in [0.2, 0.25) is 0 Å². The first-order valence-electron chi connectivity index (χ1n) is 6.59. The van der Waals surface area contributed by atoms with Crippen LogP contribution in [0.25, 0.3) is 0 Å². The number of urea groups is 1. The molecule has 108 valence electrons. The van der Waals surface area contributed by atoms with Crippen molar-refractivity contribution in [1.29, 1.82) is 0 Å². The molecule has 0 bridgehead atoms. The summed E-state index contributed by atoms with van der Waals surface area (Å²) in [5.41, 5.74) is 5.86. The van der Waals surface area contributed by atoms with Crippen molar-refractivity contribution < 1.29 is 9.53 Å². The summed E-state index contributed by atoms with van der Waals surface area (Å²) in [4.78, 5) is 12.5. The Labute approximate surface area is 123 Å². The number of carbonyl (C=O) groups excluding carboxylic acids is 1. The first-order chi connectivity index (χ1) is 9.57. The number of carbonyl (C=O) groups is 1. The number of ether oxygens (including phenoxy) is 1. The van der Waals surface area contributed by atoms with Gasteiger partial charge >= 0.3 is 6.03 Å². The summed E-state index contributed by atoms with van der Waals surface area (Å²) in [7, 11) is 1.56. The van der Waals surface area contributed by atoms with Gasteiger partial charge in [-0.15, -0.1) is 0 Å². The van der Waals surface area contributed by atoms with E-state index in [9.17, 15) is 4.79 Å². The van der Waals surface area contributed by atoms with E-state index in [1.54, 1.807) is 19.2 Å². The summed E-state index contributed by atoms with van der Waals surface area (Å²) in [6.07, 6.45) is 3.63. The summed E-state index contributed by atoms with van der Waals surface area (Å²) < 4.78 is 5.20. The third-order valence-corrected chi connectivity index (χ3v) is 4.03. The van der Waals surface area contributed by atoms with E-state index in [4.69, 9.17) is 22.7 Å². The molecule has 1 aliphatic rings. The fraction of sp³-hybridized carbons (Fsp3) is 0.429. The number of anilines is 1. The van der Waals surface area contributed by atoms with Crippen molar-refractivity contribution in [3.63, 3.8) is 0 Å².